The lowest BCUT2D eigenvalue weighted by Gasteiger charge is -2.35. The van der Waals surface area contributed by atoms with Crippen molar-refractivity contribution in [3.63, 3.8) is 0 Å². The fourth-order valence-corrected chi connectivity index (χ4v) is 5.65. The lowest BCUT2D eigenvalue weighted by atomic mass is 10.1. The number of carbonyl (C=O) groups excluding carboxylic acids is 2. The summed E-state index contributed by atoms with van der Waals surface area (Å²) in [6.07, 6.45) is 3.94. The standard InChI is InChI=1S/C27H35FN4O4/c1-17-14-31(15-18(2)35-17)27(34)26-21-6-4-8-23(21)32(29-26)16-25(33)30-12-10-20(11-13-30)36-24-9-5-7-22(28)19(24)3/h5,7,9,17-18,20H,4,6,8,10-16H2,1-3H3/t17-,18+. The van der Waals surface area contributed by atoms with Crippen LogP contribution in [0.1, 0.15) is 60.4 Å². The zero-order chi connectivity index (χ0) is 25.4. The van der Waals surface area contributed by atoms with E-state index in [1.807, 2.05) is 23.6 Å². The zero-order valence-corrected chi connectivity index (χ0v) is 21.3. The van der Waals surface area contributed by atoms with E-state index in [1.54, 1.807) is 23.7 Å². The molecule has 2 atom stereocenters. The number of aromatic nitrogens is 2. The van der Waals surface area contributed by atoms with Crippen molar-refractivity contribution in [2.75, 3.05) is 26.2 Å². The topological polar surface area (TPSA) is 76.9 Å². The monoisotopic (exact) mass is 498 g/mol. The third-order valence-electron chi connectivity index (χ3n) is 7.51. The normalized spacial score (nSPS) is 22.6. The number of halogens is 1. The summed E-state index contributed by atoms with van der Waals surface area (Å²) in [5, 5.41) is 4.66. The molecule has 2 saturated heterocycles. The highest BCUT2D eigenvalue weighted by atomic mass is 19.1. The SMILES string of the molecule is Cc1c(F)cccc1OC1CCN(C(=O)Cn2nc(C(=O)N3C[C@@H](C)O[C@@H](C)C3)c3c2CCC3)CC1. The molecule has 194 valence electrons. The van der Waals surface area contributed by atoms with Gasteiger partial charge in [-0.25, -0.2) is 4.39 Å². The second-order valence-corrected chi connectivity index (χ2v) is 10.3. The molecule has 0 saturated carbocycles. The third-order valence-corrected chi connectivity index (χ3v) is 7.51. The van der Waals surface area contributed by atoms with E-state index < -0.39 is 0 Å². The fraction of sp³-hybridized carbons (Fsp3) is 0.593. The summed E-state index contributed by atoms with van der Waals surface area (Å²) in [5.41, 5.74) is 3.02. The molecular formula is C27H35FN4O4. The number of benzene rings is 1. The summed E-state index contributed by atoms with van der Waals surface area (Å²) in [6, 6.07) is 4.86. The van der Waals surface area contributed by atoms with E-state index in [0.717, 1.165) is 30.5 Å². The molecule has 1 aromatic heterocycles. The molecule has 3 heterocycles. The minimum atomic E-state index is -0.276. The predicted octanol–water partition coefficient (Wildman–Crippen LogP) is 3.14. The van der Waals surface area contributed by atoms with Gasteiger partial charge in [-0.15, -0.1) is 0 Å². The summed E-state index contributed by atoms with van der Waals surface area (Å²) in [6.45, 7) is 8.07. The second-order valence-electron chi connectivity index (χ2n) is 10.3. The molecule has 0 radical (unpaired) electrons. The van der Waals surface area contributed by atoms with Crippen molar-refractivity contribution in [3.8, 4) is 5.75 Å². The van der Waals surface area contributed by atoms with Crippen molar-refractivity contribution >= 4 is 11.8 Å². The number of nitrogens with zero attached hydrogens (tertiary/aromatic N) is 4. The van der Waals surface area contributed by atoms with Gasteiger partial charge in [-0.3, -0.25) is 14.3 Å². The Kier molecular flexibility index (Phi) is 7.01. The Morgan fingerprint density at radius 3 is 2.56 bits per heavy atom. The molecule has 1 aromatic carbocycles. The van der Waals surface area contributed by atoms with Crippen LogP contribution in [-0.4, -0.2) is 75.9 Å². The van der Waals surface area contributed by atoms with Gasteiger partial charge in [0.25, 0.3) is 5.91 Å². The molecule has 8 nitrogen and oxygen atoms in total. The molecule has 2 fully saturated rings. The number of hydrogen-bond donors (Lipinski definition) is 0. The number of likely N-dealkylation sites (tertiary alicyclic amines) is 1. The summed E-state index contributed by atoms with van der Waals surface area (Å²) < 4.78 is 27.4. The highest BCUT2D eigenvalue weighted by molar-refractivity contribution is 5.94. The Labute approximate surface area is 211 Å². The molecule has 2 aliphatic heterocycles. The van der Waals surface area contributed by atoms with E-state index in [4.69, 9.17) is 9.47 Å². The van der Waals surface area contributed by atoms with Crippen LogP contribution in [0, 0.1) is 12.7 Å². The van der Waals surface area contributed by atoms with Crippen molar-refractivity contribution < 1.29 is 23.5 Å². The average molecular weight is 499 g/mol. The van der Waals surface area contributed by atoms with Gasteiger partial charge >= 0.3 is 0 Å². The van der Waals surface area contributed by atoms with Gasteiger partial charge < -0.3 is 19.3 Å². The summed E-state index contributed by atoms with van der Waals surface area (Å²) in [4.78, 5) is 30.2. The molecule has 0 bridgehead atoms. The van der Waals surface area contributed by atoms with Crippen LogP contribution < -0.4 is 4.74 Å². The van der Waals surface area contributed by atoms with Gasteiger partial charge in [0.2, 0.25) is 5.91 Å². The molecule has 3 aliphatic rings. The molecule has 2 aromatic rings. The molecule has 0 unspecified atom stereocenters. The molecule has 0 N–H and O–H groups in total. The summed E-state index contributed by atoms with van der Waals surface area (Å²) >= 11 is 0. The molecule has 0 spiro atoms. The quantitative estimate of drug-likeness (QED) is 0.633. The first kappa shape index (κ1) is 24.7. The van der Waals surface area contributed by atoms with E-state index in [-0.39, 0.29) is 42.5 Å². The molecule has 2 amide bonds. The fourth-order valence-electron chi connectivity index (χ4n) is 5.65. The number of rotatable bonds is 5. The van der Waals surface area contributed by atoms with Gasteiger partial charge in [0.15, 0.2) is 5.69 Å². The third kappa shape index (κ3) is 4.98. The average Bonchev–Trinajstić information content (AvgIpc) is 3.45. The number of hydrogen-bond acceptors (Lipinski definition) is 5. The van der Waals surface area contributed by atoms with Crippen molar-refractivity contribution in [1.29, 1.82) is 0 Å². The largest absolute Gasteiger partial charge is 0.490 e. The first-order chi connectivity index (χ1) is 17.3. The first-order valence-electron chi connectivity index (χ1n) is 13.0. The Hall–Kier alpha value is -2.94. The van der Waals surface area contributed by atoms with Crippen LogP contribution in [0.4, 0.5) is 4.39 Å². The van der Waals surface area contributed by atoms with Crippen LogP contribution >= 0.6 is 0 Å². The van der Waals surface area contributed by atoms with E-state index in [1.165, 1.54) is 6.07 Å². The van der Waals surface area contributed by atoms with Crippen LogP contribution in [0.5, 0.6) is 5.75 Å². The van der Waals surface area contributed by atoms with Crippen molar-refractivity contribution in [3.05, 3.63) is 46.5 Å². The van der Waals surface area contributed by atoms with Crippen LogP contribution in [0.3, 0.4) is 0 Å². The van der Waals surface area contributed by atoms with Gasteiger partial charge in [-0.05, 0) is 52.2 Å². The molecule has 5 rings (SSSR count). The Morgan fingerprint density at radius 2 is 1.83 bits per heavy atom. The number of piperidine rings is 1. The maximum Gasteiger partial charge on any atom is 0.274 e. The van der Waals surface area contributed by atoms with E-state index in [0.29, 0.717) is 56.0 Å². The molecule has 9 heteroatoms. The van der Waals surface area contributed by atoms with Crippen LogP contribution in [0.25, 0.3) is 0 Å². The van der Waals surface area contributed by atoms with Crippen LogP contribution in [0.15, 0.2) is 18.2 Å². The van der Waals surface area contributed by atoms with Crippen molar-refractivity contribution in [2.45, 2.75) is 77.7 Å². The molecule has 1 aliphatic carbocycles. The zero-order valence-electron chi connectivity index (χ0n) is 21.3. The summed E-state index contributed by atoms with van der Waals surface area (Å²) in [7, 11) is 0. The van der Waals surface area contributed by atoms with Gasteiger partial charge in [-0.2, -0.15) is 5.10 Å². The maximum atomic E-state index is 13.8. The Morgan fingerprint density at radius 1 is 1.11 bits per heavy atom. The number of carbonyl (C=O) groups is 2. The maximum absolute atomic E-state index is 13.8. The van der Waals surface area contributed by atoms with E-state index >= 15 is 0 Å². The van der Waals surface area contributed by atoms with Gasteiger partial charge in [-0.1, -0.05) is 6.07 Å². The number of amides is 2. The lowest BCUT2D eigenvalue weighted by molar-refractivity contribution is -0.133. The van der Waals surface area contributed by atoms with E-state index in [2.05, 4.69) is 5.10 Å². The van der Waals surface area contributed by atoms with Gasteiger partial charge in [0.05, 0.1) is 12.2 Å². The Balaban J connectivity index is 1.22. The minimum absolute atomic E-state index is 0.000187. The first-order valence-corrected chi connectivity index (χ1v) is 13.0. The van der Waals surface area contributed by atoms with Crippen molar-refractivity contribution in [2.24, 2.45) is 0 Å². The van der Waals surface area contributed by atoms with Gasteiger partial charge in [0.1, 0.15) is 24.2 Å². The minimum Gasteiger partial charge on any atom is -0.490 e. The predicted molar refractivity (Wildman–Crippen MR) is 132 cm³/mol. The van der Waals surface area contributed by atoms with Gasteiger partial charge in [0, 0.05) is 55.8 Å². The highest BCUT2D eigenvalue weighted by Gasteiger charge is 2.33. The lowest BCUT2D eigenvalue weighted by Crippen LogP contribution is -2.48. The highest BCUT2D eigenvalue weighted by Crippen LogP contribution is 2.28. The van der Waals surface area contributed by atoms with Crippen LogP contribution in [-0.2, 0) is 28.9 Å². The molecular weight excluding hydrogens is 463 g/mol. The Bertz CT molecular complexity index is 1130. The number of fused-ring (bicyclic) bond motifs is 1. The number of ether oxygens (including phenoxy) is 2. The van der Waals surface area contributed by atoms with Crippen LogP contribution in [0.2, 0.25) is 0 Å². The number of morpholine rings is 1. The summed E-state index contributed by atoms with van der Waals surface area (Å²) in [5.74, 6) is 0.225. The van der Waals surface area contributed by atoms with Crippen molar-refractivity contribution in [1.82, 2.24) is 19.6 Å². The second kappa shape index (κ2) is 10.2. The molecule has 36 heavy (non-hydrogen) atoms. The smallest absolute Gasteiger partial charge is 0.274 e. The van der Waals surface area contributed by atoms with E-state index in [9.17, 15) is 14.0 Å².